The number of carbonyl (C=O) groups is 1. The van der Waals surface area contributed by atoms with Crippen LogP contribution in [-0.4, -0.2) is 31.6 Å². The van der Waals surface area contributed by atoms with Crippen molar-refractivity contribution in [3.05, 3.63) is 59.9 Å². The molecule has 0 saturated heterocycles. The van der Waals surface area contributed by atoms with Crippen LogP contribution in [0.5, 0.6) is 11.5 Å². The number of methoxy groups -OCH3 is 1. The van der Waals surface area contributed by atoms with Crippen molar-refractivity contribution in [1.82, 2.24) is 4.90 Å². The number of likely N-dealkylation sites (N-methyl/N-ethyl adjacent to an activating group) is 1. The number of rotatable bonds is 6. The summed E-state index contributed by atoms with van der Waals surface area (Å²) in [6.45, 7) is 1.63. The van der Waals surface area contributed by atoms with Crippen LogP contribution < -0.4 is 9.47 Å². The molecule has 0 spiro atoms. The summed E-state index contributed by atoms with van der Waals surface area (Å²) in [4.78, 5) is 13.7. The molecule has 0 aliphatic heterocycles. The van der Waals surface area contributed by atoms with Crippen molar-refractivity contribution in [2.75, 3.05) is 20.8 Å². The van der Waals surface area contributed by atoms with E-state index in [2.05, 4.69) is 0 Å². The smallest absolute Gasteiger partial charge is 0.260 e. The molecule has 1 amide bonds. The normalized spacial score (nSPS) is 11.7. The first-order valence-corrected chi connectivity index (χ1v) is 7.30. The molecule has 2 rings (SSSR count). The molecule has 5 heteroatoms. The van der Waals surface area contributed by atoms with Crippen molar-refractivity contribution < 1.29 is 18.7 Å². The van der Waals surface area contributed by atoms with Gasteiger partial charge in [-0.25, -0.2) is 4.39 Å². The highest BCUT2D eigenvalue weighted by molar-refractivity contribution is 5.78. The molecule has 2 aromatic carbocycles. The van der Waals surface area contributed by atoms with Gasteiger partial charge in [-0.3, -0.25) is 4.79 Å². The number of ether oxygens (including phenoxy) is 2. The molecule has 0 saturated carbocycles. The quantitative estimate of drug-likeness (QED) is 0.819. The highest BCUT2D eigenvalue weighted by atomic mass is 19.1. The second-order valence-electron chi connectivity index (χ2n) is 5.14. The predicted molar refractivity (Wildman–Crippen MR) is 86.1 cm³/mol. The SMILES string of the molecule is COc1ccccc1OCC(=O)N(C)[C@H](C)c1ccccc1F. The summed E-state index contributed by atoms with van der Waals surface area (Å²) in [5.41, 5.74) is 0.473. The van der Waals surface area contributed by atoms with Gasteiger partial charge in [-0.05, 0) is 25.1 Å². The van der Waals surface area contributed by atoms with Crippen LogP contribution in [0.25, 0.3) is 0 Å². The Labute approximate surface area is 135 Å². The second kappa shape index (κ2) is 7.63. The first-order chi connectivity index (χ1) is 11.0. The van der Waals surface area contributed by atoms with Crippen LogP contribution in [0.15, 0.2) is 48.5 Å². The van der Waals surface area contributed by atoms with E-state index in [4.69, 9.17) is 9.47 Å². The number of carbonyl (C=O) groups excluding carboxylic acids is 1. The molecule has 0 bridgehead atoms. The number of para-hydroxylation sites is 2. The highest BCUT2D eigenvalue weighted by Gasteiger charge is 2.20. The molecular weight excluding hydrogens is 297 g/mol. The molecule has 0 radical (unpaired) electrons. The maximum Gasteiger partial charge on any atom is 0.260 e. The molecule has 0 heterocycles. The lowest BCUT2D eigenvalue weighted by Gasteiger charge is -2.25. The van der Waals surface area contributed by atoms with Crippen molar-refractivity contribution in [1.29, 1.82) is 0 Å². The molecule has 1 atom stereocenters. The summed E-state index contributed by atoms with van der Waals surface area (Å²) in [5.74, 6) is 0.484. The highest BCUT2D eigenvalue weighted by Crippen LogP contribution is 2.26. The van der Waals surface area contributed by atoms with Crippen molar-refractivity contribution in [2.45, 2.75) is 13.0 Å². The van der Waals surface area contributed by atoms with E-state index >= 15 is 0 Å². The van der Waals surface area contributed by atoms with E-state index in [0.29, 0.717) is 17.1 Å². The van der Waals surface area contributed by atoms with Gasteiger partial charge in [0.25, 0.3) is 5.91 Å². The largest absolute Gasteiger partial charge is 0.493 e. The second-order valence-corrected chi connectivity index (χ2v) is 5.14. The minimum absolute atomic E-state index is 0.143. The molecule has 122 valence electrons. The van der Waals surface area contributed by atoms with Gasteiger partial charge in [0.05, 0.1) is 13.2 Å². The summed E-state index contributed by atoms with van der Waals surface area (Å²) in [6.07, 6.45) is 0. The average Bonchev–Trinajstić information content (AvgIpc) is 2.59. The minimum Gasteiger partial charge on any atom is -0.493 e. The van der Waals surface area contributed by atoms with Crippen LogP contribution in [0.3, 0.4) is 0 Å². The van der Waals surface area contributed by atoms with Gasteiger partial charge in [-0.1, -0.05) is 30.3 Å². The summed E-state index contributed by atoms with van der Waals surface area (Å²) in [5, 5.41) is 0. The van der Waals surface area contributed by atoms with Crippen LogP contribution in [0.1, 0.15) is 18.5 Å². The van der Waals surface area contributed by atoms with E-state index in [1.165, 1.54) is 18.1 Å². The Balaban J connectivity index is 2.01. The van der Waals surface area contributed by atoms with Gasteiger partial charge in [0.15, 0.2) is 18.1 Å². The molecule has 23 heavy (non-hydrogen) atoms. The third-order valence-corrected chi connectivity index (χ3v) is 3.75. The van der Waals surface area contributed by atoms with Crippen molar-refractivity contribution in [3.63, 3.8) is 0 Å². The summed E-state index contributed by atoms with van der Waals surface area (Å²) in [6, 6.07) is 13.1. The molecule has 2 aromatic rings. The van der Waals surface area contributed by atoms with E-state index < -0.39 is 0 Å². The number of nitrogens with zero attached hydrogens (tertiary/aromatic N) is 1. The van der Waals surface area contributed by atoms with Gasteiger partial charge in [-0.2, -0.15) is 0 Å². The van der Waals surface area contributed by atoms with E-state index in [1.54, 1.807) is 50.4 Å². The summed E-state index contributed by atoms with van der Waals surface area (Å²) < 4.78 is 24.5. The van der Waals surface area contributed by atoms with Gasteiger partial charge in [-0.15, -0.1) is 0 Å². The zero-order valence-electron chi connectivity index (χ0n) is 13.5. The van der Waals surface area contributed by atoms with Crippen LogP contribution >= 0.6 is 0 Å². The third kappa shape index (κ3) is 4.00. The lowest BCUT2D eigenvalue weighted by molar-refractivity contribution is -0.134. The summed E-state index contributed by atoms with van der Waals surface area (Å²) >= 11 is 0. The maximum atomic E-state index is 13.8. The first kappa shape index (κ1) is 16.8. The van der Waals surface area contributed by atoms with E-state index in [0.717, 1.165) is 0 Å². The van der Waals surface area contributed by atoms with Crippen LogP contribution in [0.2, 0.25) is 0 Å². The predicted octanol–water partition coefficient (Wildman–Crippen LogP) is 3.43. The molecule has 0 N–H and O–H groups in total. The summed E-state index contributed by atoms with van der Waals surface area (Å²) in [7, 11) is 3.17. The van der Waals surface area contributed by atoms with Crippen molar-refractivity contribution >= 4 is 5.91 Å². The van der Waals surface area contributed by atoms with Gasteiger partial charge in [0, 0.05) is 12.6 Å². The third-order valence-electron chi connectivity index (χ3n) is 3.75. The Morgan fingerprint density at radius 1 is 1.13 bits per heavy atom. The number of halogens is 1. The maximum absolute atomic E-state index is 13.8. The van der Waals surface area contributed by atoms with Gasteiger partial charge >= 0.3 is 0 Å². The average molecular weight is 317 g/mol. The van der Waals surface area contributed by atoms with E-state index in [-0.39, 0.29) is 24.4 Å². The zero-order chi connectivity index (χ0) is 16.8. The van der Waals surface area contributed by atoms with Crippen LogP contribution in [0.4, 0.5) is 4.39 Å². The van der Waals surface area contributed by atoms with Crippen LogP contribution in [0, 0.1) is 5.82 Å². The molecule has 0 aromatic heterocycles. The van der Waals surface area contributed by atoms with Gasteiger partial charge in [0.1, 0.15) is 5.82 Å². The fourth-order valence-electron chi connectivity index (χ4n) is 2.22. The van der Waals surface area contributed by atoms with Crippen molar-refractivity contribution in [3.8, 4) is 11.5 Å². The van der Waals surface area contributed by atoms with Crippen LogP contribution in [-0.2, 0) is 4.79 Å². The molecule has 0 fully saturated rings. The molecule has 0 aliphatic carbocycles. The number of hydrogen-bond donors (Lipinski definition) is 0. The lowest BCUT2D eigenvalue weighted by atomic mass is 10.1. The monoisotopic (exact) mass is 317 g/mol. The number of amides is 1. The lowest BCUT2D eigenvalue weighted by Crippen LogP contribution is -2.34. The topological polar surface area (TPSA) is 38.8 Å². The number of benzene rings is 2. The Bertz CT molecular complexity index is 675. The fourth-order valence-corrected chi connectivity index (χ4v) is 2.22. The Hall–Kier alpha value is -2.56. The Kier molecular flexibility index (Phi) is 5.57. The van der Waals surface area contributed by atoms with E-state index in [1.807, 2.05) is 6.07 Å². The van der Waals surface area contributed by atoms with Gasteiger partial charge in [0.2, 0.25) is 0 Å². The number of hydrogen-bond acceptors (Lipinski definition) is 3. The molecular formula is C18H20FNO3. The van der Waals surface area contributed by atoms with E-state index in [9.17, 15) is 9.18 Å². The fraction of sp³-hybridized carbons (Fsp3) is 0.278. The molecule has 0 aliphatic rings. The zero-order valence-corrected chi connectivity index (χ0v) is 13.5. The minimum atomic E-state index is -0.384. The Morgan fingerprint density at radius 3 is 2.39 bits per heavy atom. The van der Waals surface area contributed by atoms with Crippen molar-refractivity contribution in [2.24, 2.45) is 0 Å². The standard InChI is InChI=1S/C18H20FNO3/c1-13(14-8-4-5-9-15(14)19)20(2)18(21)12-23-17-11-7-6-10-16(17)22-3/h4-11,13H,12H2,1-3H3/t13-/m1/s1. The first-order valence-electron chi connectivity index (χ1n) is 7.30. The Morgan fingerprint density at radius 2 is 1.74 bits per heavy atom. The molecule has 4 nitrogen and oxygen atoms in total. The van der Waals surface area contributed by atoms with Gasteiger partial charge < -0.3 is 14.4 Å². The molecule has 0 unspecified atom stereocenters.